The van der Waals surface area contributed by atoms with Gasteiger partial charge in [-0.05, 0) is 24.1 Å². The molecule has 106 valence electrons. The first-order valence-electron chi connectivity index (χ1n) is 5.94. The van der Waals surface area contributed by atoms with E-state index < -0.39 is 24.9 Å². The maximum absolute atomic E-state index is 12.8. The molecule has 4 nitrogen and oxygen atoms in total. The maximum atomic E-state index is 12.8. The van der Waals surface area contributed by atoms with Gasteiger partial charge < -0.3 is 15.8 Å². The molecule has 1 rings (SSSR count). The number of hydrogen-bond donors (Lipinski definition) is 2. The minimum absolute atomic E-state index is 0.147. The van der Waals surface area contributed by atoms with Crippen LogP contribution in [0.15, 0.2) is 24.3 Å². The number of benzene rings is 1. The van der Waals surface area contributed by atoms with Crippen molar-refractivity contribution in [1.29, 1.82) is 0 Å². The van der Waals surface area contributed by atoms with Crippen molar-refractivity contribution in [2.45, 2.75) is 18.8 Å². The highest BCUT2D eigenvalue weighted by atomic mass is 19.3. The molecule has 19 heavy (non-hydrogen) atoms. The number of carbonyl (C=O) groups excluding carboxylic acids is 1. The number of rotatable bonds is 7. The van der Waals surface area contributed by atoms with Crippen LogP contribution in [0.3, 0.4) is 0 Å². The van der Waals surface area contributed by atoms with Crippen molar-refractivity contribution < 1.29 is 18.3 Å². The van der Waals surface area contributed by atoms with E-state index in [9.17, 15) is 13.6 Å². The highest BCUT2D eigenvalue weighted by molar-refractivity contribution is 5.76. The van der Waals surface area contributed by atoms with Crippen LogP contribution < -0.4 is 15.8 Å². The molecule has 0 unspecified atom stereocenters. The Kier molecular flexibility index (Phi) is 5.69. The van der Waals surface area contributed by atoms with Gasteiger partial charge in [0.1, 0.15) is 5.75 Å². The maximum Gasteiger partial charge on any atom is 0.277 e. The van der Waals surface area contributed by atoms with E-state index >= 15 is 0 Å². The summed E-state index contributed by atoms with van der Waals surface area (Å²) in [4.78, 5) is 11.4. The molecular weight excluding hydrogens is 254 g/mol. The molecule has 0 saturated carbocycles. The average molecular weight is 272 g/mol. The summed E-state index contributed by atoms with van der Waals surface area (Å²) in [6.07, 6.45) is 0.616. The minimum Gasteiger partial charge on any atom is -0.497 e. The van der Waals surface area contributed by atoms with Crippen molar-refractivity contribution in [1.82, 2.24) is 5.32 Å². The van der Waals surface area contributed by atoms with E-state index in [-0.39, 0.29) is 6.42 Å². The Labute approximate surface area is 110 Å². The molecule has 0 aliphatic carbocycles. The Bertz CT molecular complexity index is 425. The quantitative estimate of drug-likeness (QED) is 0.787. The third-order valence-electron chi connectivity index (χ3n) is 2.62. The highest BCUT2D eigenvalue weighted by Gasteiger charge is 2.26. The number of amides is 1. The summed E-state index contributed by atoms with van der Waals surface area (Å²) in [6, 6.07) is 7.27. The first-order valence-corrected chi connectivity index (χ1v) is 5.94. The third kappa shape index (κ3) is 5.65. The van der Waals surface area contributed by atoms with Crippen LogP contribution in [0.4, 0.5) is 8.78 Å². The predicted octanol–water partition coefficient (Wildman–Crippen LogP) is 1.34. The second kappa shape index (κ2) is 7.04. The molecule has 0 aromatic heterocycles. The van der Waals surface area contributed by atoms with Crippen LogP contribution in [-0.4, -0.2) is 32.0 Å². The normalized spacial score (nSPS) is 11.2. The molecule has 0 heterocycles. The summed E-state index contributed by atoms with van der Waals surface area (Å²) in [6.45, 7) is -1.50. The molecule has 0 aliphatic rings. The predicted molar refractivity (Wildman–Crippen MR) is 68.3 cm³/mol. The van der Waals surface area contributed by atoms with E-state index in [2.05, 4.69) is 5.32 Å². The summed E-state index contributed by atoms with van der Waals surface area (Å²) in [5, 5.41) is 2.17. The van der Waals surface area contributed by atoms with Gasteiger partial charge in [-0.25, -0.2) is 8.78 Å². The van der Waals surface area contributed by atoms with E-state index in [1.54, 1.807) is 13.2 Å². The monoisotopic (exact) mass is 272 g/mol. The van der Waals surface area contributed by atoms with Crippen LogP contribution in [0, 0.1) is 0 Å². The van der Waals surface area contributed by atoms with Crippen molar-refractivity contribution in [2.24, 2.45) is 5.73 Å². The SMILES string of the molecule is COc1cccc(CCC(=O)NCC(F)(F)CN)c1. The molecule has 0 atom stereocenters. The highest BCUT2D eigenvalue weighted by Crippen LogP contribution is 2.14. The molecule has 3 N–H and O–H groups in total. The number of aryl methyl sites for hydroxylation is 1. The third-order valence-corrected chi connectivity index (χ3v) is 2.62. The molecule has 1 amide bonds. The van der Waals surface area contributed by atoms with Gasteiger partial charge in [0, 0.05) is 6.42 Å². The number of nitrogens with two attached hydrogens (primary N) is 1. The van der Waals surface area contributed by atoms with Crippen molar-refractivity contribution in [2.75, 3.05) is 20.2 Å². The van der Waals surface area contributed by atoms with Gasteiger partial charge in [0.25, 0.3) is 5.92 Å². The van der Waals surface area contributed by atoms with Gasteiger partial charge in [-0.3, -0.25) is 4.79 Å². The fraction of sp³-hybridized carbons (Fsp3) is 0.462. The fourth-order valence-corrected chi connectivity index (χ4v) is 1.47. The number of alkyl halides is 2. The Balaban J connectivity index is 2.37. The topological polar surface area (TPSA) is 64.3 Å². The second-order valence-electron chi connectivity index (χ2n) is 4.19. The smallest absolute Gasteiger partial charge is 0.277 e. The molecule has 0 fully saturated rings. The molecule has 0 bridgehead atoms. The van der Waals surface area contributed by atoms with Crippen LogP contribution in [0.5, 0.6) is 5.75 Å². The molecule has 0 radical (unpaired) electrons. The average Bonchev–Trinajstić information content (AvgIpc) is 2.43. The minimum atomic E-state index is -3.05. The Morgan fingerprint density at radius 1 is 1.47 bits per heavy atom. The van der Waals surface area contributed by atoms with Crippen LogP contribution in [0.1, 0.15) is 12.0 Å². The molecule has 6 heteroatoms. The Morgan fingerprint density at radius 3 is 2.84 bits per heavy atom. The first-order chi connectivity index (χ1) is 8.96. The van der Waals surface area contributed by atoms with E-state index in [1.807, 2.05) is 18.2 Å². The fourth-order valence-electron chi connectivity index (χ4n) is 1.47. The van der Waals surface area contributed by atoms with E-state index in [0.717, 1.165) is 5.56 Å². The lowest BCUT2D eigenvalue weighted by Crippen LogP contribution is -2.41. The Hall–Kier alpha value is -1.69. The van der Waals surface area contributed by atoms with Crippen molar-refractivity contribution in [3.63, 3.8) is 0 Å². The number of carbonyl (C=O) groups is 1. The zero-order valence-electron chi connectivity index (χ0n) is 10.8. The summed E-state index contributed by atoms with van der Waals surface area (Å²) < 4.78 is 30.7. The zero-order chi connectivity index (χ0) is 14.3. The zero-order valence-corrected chi connectivity index (χ0v) is 10.8. The molecule has 0 aliphatic heterocycles. The number of hydrogen-bond acceptors (Lipinski definition) is 3. The van der Waals surface area contributed by atoms with Crippen LogP contribution in [0.2, 0.25) is 0 Å². The summed E-state index contributed by atoms with van der Waals surface area (Å²) in [5.41, 5.74) is 5.79. The van der Waals surface area contributed by atoms with Crippen molar-refractivity contribution in [3.05, 3.63) is 29.8 Å². The molecular formula is C13H18F2N2O2. The van der Waals surface area contributed by atoms with E-state index in [1.165, 1.54) is 0 Å². The lowest BCUT2D eigenvalue weighted by molar-refractivity contribution is -0.122. The standard InChI is InChI=1S/C13H18F2N2O2/c1-19-11-4-2-3-10(7-11)5-6-12(18)17-9-13(14,15)8-16/h2-4,7H,5-6,8-9,16H2,1H3,(H,17,18). The second-order valence-corrected chi connectivity index (χ2v) is 4.19. The van der Waals surface area contributed by atoms with Gasteiger partial charge in [-0.1, -0.05) is 12.1 Å². The number of methoxy groups -OCH3 is 1. The number of nitrogens with one attached hydrogen (secondary N) is 1. The van der Waals surface area contributed by atoms with Gasteiger partial charge in [0.15, 0.2) is 0 Å². The number of ether oxygens (including phenoxy) is 1. The van der Waals surface area contributed by atoms with Crippen molar-refractivity contribution >= 4 is 5.91 Å². The summed E-state index contributed by atoms with van der Waals surface area (Å²) in [5.74, 6) is -2.77. The van der Waals surface area contributed by atoms with Gasteiger partial charge in [-0.2, -0.15) is 0 Å². The largest absolute Gasteiger partial charge is 0.497 e. The molecule has 1 aromatic rings. The lowest BCUT2D eigenvalue weighted by atomic mass is 10.1. The summed E-state index contributed by atoms with van der Waals surface area (Å²) >= 11 is 0. The Morgan fingerprint density at radius 2 is 2.21 bits per heavy atom. The van der Waals surface area contributed by atoms with Crippen LogP contribution in [-0.2, 0) is 11.2 Å². The van der Waals surface area contributed by atoms with Gasteiger partial charge in [0.05, 0.1) is 20.2 Å². The van der Waals surface area contributed by atoms with Gasteiger partial charge in [-0.15, -0.1) is 0 Å². The first kappa shape index (κ1) is 15.4. The van der Waals surface area contributed by atoms with Gasteiger partial charge in [0.2, 0.25) is 5.91 Å². The van der Waals surface area contributed by atoms with Gasteiger partial charge >= 0.3 is 0 Å². The van der Waals surface area contributed by atoms with Crippen molar-refractivity contribution in [3.8, 4) is 5.75 Å². The summed E-state index contributed by atoms with van der Waals surface area (Å²) in [7, 11) is 1.56. The molecule has 0 spiro atoms. The van der Waals surface area contributed by atoms with Crippen LogP contribution in [0.25, 0.3) is 0 Å². The van der Waals surface area contributed by atoms with Crippen LogP contribution >= 0.6 is 0 Å². The number of halogens is 2. The molecule has 0 saturated heterocycles. The van der Waals surface area contributed by atoms with E-state index in [0.29, 0.717) is 12.2 Å². The lowest BCUT2D eigenvalue weighted by Gasteiger charge is -2.14. The molecule has 1 aromatic carbocycles. The van der Waals surface area contributed by atoms with E-state index in [4.69, 9.17) is 10.5 Å².